The van der Waals surface area contributed by atoms with Gasteiger partial charge in [0.2, 0.25) is 0 Å². The van der Waals surface area contributed by atoms with Crippen LogP contribution in [0.2, 0.25) is 0 Å². The smallest absolute Gasteiger partial charge is 0.251 e. The van der Waals surface area contributed by atoms with E-state index >= 15 is 0 Å². The Balaban J connectivity index is 2.34. The molecule has 2 aromatic heterocycles. The minimum Gasteiger partial charge on any atom is -0.366 e. The van der Waals surface area contributed by atoms with Crippen LogP contribution >= 0.6 is 0 Å². The highest BCUT2D eigenvalue weighted by molar-refractivity contribution is 5.99. The summed E-state index contributed by atoms with van der Waals surface area (Å²) in [5, 5.41) is 9.47. The molecule has 1 aliphatic rings. The molecule has 0 radical (unpaired) electrons. The van der Waals surface area contributed by atoms with Gasteiger partial charge in [-0.05, 0) is 31.4 Å². The van der Waals surface area contributed by atoms with Crippen LogP contribution in [0.25, 0.3) is 11.3 Å². The van der Waals surface area contributed by atoms with Gasteiger partial charge in [-0.2, -0.15) is 5.26 Å². The van der Waals surface area contributed by atoms with Crippen LogP contribution in [0.3, 0.4) is 0 Å². The van der Waals surface area contributed by atoms with Crippen molar-refractivity contribution in [2.75, 3.05) is 0 Å². The van der Waals surface area contributed by atoms with Gasteiger partial charge in [-0.15, -0.1) is 0 Å². The van der Waals surface area contributed by atoms with Crippen LogP contribution < -0.4 is 5.73 Å². The van der Waals surface area contributed by atoms with Gasteiger partial charge in [-0.25, -0.2) is 0 Å². The lowest BCUT2D eigenvalue weighted by Gasteiger charge is -2.18. The number of fused-ring (bicyclic) bond motifs is 1. The zero-order valence-corrected chi connectivity index (χ0v) is 11.0. The van der Waals surface area contributed by atoms with E-state index < -0.39 is 5.91 Å². The maximum Gasteiger partial charge on any atom is 0.251 e. The molecular weight excluding hydrogens is 252 g/mol. The molecule has 2 N–H and O–H groups in total. The standard InChI is InChI=1S/C15H14N4O/c16-8-11-13(15(17)20)12-5-1-2-7-19(12)14(11)10-4-3-6-18-9-10/h3-4,6,9H,1-2,5,7H2,(H2,17,20). The van der Waals surface area contributed by atoms with E-state index in [0.29, 0.717) is 11.1 Å². The molecule has 1 aliphatic heterocycles. The zero-order valence-electron chi connectivity index (χ0n) is 11.0. The van der Waals surface area contributed by atoms with Gasteiger partial charge in [0, 0.05) is 30.2 Å². The molecule has 3 heterocycles. The van der Waals surface area contributed by atoms with Crippen LogP contribution in [-0.4, -0.2) is 15.5 Å². The van der Waals surface area contributed by atoms with E-state index in [0.717, 1.165) is 42.8 Å². The van der Waals surface area contributed by atoms with E-state index in [9.17, 15) is 10.1 Å². The van der Waals surface area contributed by atoms with Crippen molar-refractivity contribution < 1.29 is 4.79 Å². The fraction of sp³-hybridized carbons (Fsp3) is 0.267. The van der Waals surface area contributed by atoms with Gasteiger partial charge < -0.3 is 10.3 Å². The Morgan fingerprint density at radius 3 is 2.95 bits per heavy atom. The average Bonchev–Trinajstić information content (AvgIpc) is 2.82. The minimum atomic E-state index is -0.526. The van der Waals surface area contributed by atoms with Crippen LogP contribution in [0.1, 0.15) is 34.5 Å². The monoisotopic (exact) mass is 266 g/mol. The topological polar surface area (TPSA) is 84.7 Å². The molecule has 0 saturated carbocycles. The highest BCUT2D eigenvalue weighted by Crippen LogP contribution is 2.34. The number of hydrogen-bond donors (Lipinski definition) is 1. The fourth-order valence-corrected chi connectivity index (χ4v) is 2.91. The number of nitrogens with two attached hydrogens (primary N) is 1. The Hall–Kier alpha value is -2.61. The number of carbonyl (C=O) groups is 1. The van der Waals surface area contributed by atoms with E-state index in [1.807, 2.05) is 12.1 Å². The molecule has 0 fully saturated rings. The van der Waals surface area contributed by atoms with Crippen molar-refractivity contribution in [1.29, 1.82) is 5.26 Å². The van der Waals surface area contributed by atoms with Crippen molar-refractivity contribution in [2.45, 2.75) is 25.8 Å². The molecule has 5 nitrogen and oxygen atoms in total. The van der Waals surface area contributed by atoms with E-state index in [1.54, 1.807) is 12.4 Å². The lowest BCUT2D eigenvalue weighted by Crippen LogP contribution is -2.17. The van der Waals surface area contributed by atoms with Crippen molar-refractivity contribution in [3.63, 3.8) is 0 Å². The maximum atomic E-state index is 11.7. The quantitative estimate of drug-likeness (QED) is 0.900. The molecule has 1 amide bonds. The lowest BCUT2D eigenvalue weighted by atomic mass is 10.0. The fourth-order valence-electron chi connectivity index (χ4n) is 2.91. The molecule has 0 bridgehead atoms. The first-order valence-corrected chi connectivity index (χ1v) is 6.59. The molecule has 2 aromatic rings. The molecule has 0 atom stereocenters. The summed E-state index contributed by atoms with van der Waals surface area (Å²) in [5.74, 6) is -0.526. The van der Waals surface area contributed by atoms with E-state index in [2.05, 4.69) is 15.6 Å². The van der Waals surface area contributed by atoms with Crippen LogP contribution in [-0.2, 0) is 13.0 Å². The van der Waals surface area contributed by atoms with Crippen LogP contribution in [0.4, 0.5) is 0 Å². The average molecular weight is 266 g/mol. The number of nitriles is 1. The Morgan fingerprint density at radius 1 is 1.45 bits per heavy atom. The van der Waals surface area contributed by atoms with Gasteiger partial charge in [0.05, 0.1) is 16.8 Å². The lowest BCUT2D eigenvalue weighted by molar-refractivity contribution is 0.0998. The predicted octanol–water partition coefficient (Wildman–Crippen LogP) is 1.86. The normalized spacial score (nSPS) is 13.6. The Kier molecular flexibility index (Phi) is 2.99. The van der Waals surface area contributed by atoms with Gasteiger partial charge in [-0.3, -0.25) is 9.78 Å². The SMILES string of the molecule is N#Cc1c(C(N)=O)c2n(c1-c1cccnc1)CCCC2. The summed E-state index contributed by atoms with van der Waals surface area (Å²) in [4.78, 5) is 15.8. The number of carbonyl (C=O) groups excluding carboxylic acids is 1. The first kappa shape index (κ1) is 12.4. The van der Waals surface area contributed by atoms with E-state index in [1.165, 1.54) is 0 Å². The van der Waals surface area contributed by atoms with Gasteiger partial charge in [0.15, 0.2) is 0 Å². The summed E-state index contributed by atoms with van der Waals surface area (Å²) in [7, 11) is 0. The number of rotatable bonds is 2. The summed E-state index contributed by atoms with van der Waals surface area (Å²) < 4.78 is 2.05. The van der Waals surface area contributed by atoms with Gasteiger partial charge >= 0.3 is 0 Å². The molecule has 20 heavy (non-hydrogen) atoms. The number of nitrogens with zero attached hydrogens (tertiary/aromatic N) is 3. The van der Waals surface area contributed by atoms with E-state index in [-0.39, 0.29) is 0 Å². The van der Waals surface area contributed by atoms with Gasteiger partial charge in [0.1, 0.15) is 6.07 Å². The summed E-state index contributed by atoms with van der Waals surface area (Å²) in [5.41, 5.74) is 8.75. The number of hydrogen-bond acceptors (Lipinski definition) is 3. The molecule has 0 aromatic carbocycles. The summed E-state index contributed by atoms with van der Waals surface area (Å²) in [6.45, 7) is 0.807. The molecule has 0 aliphatic carbocycles. The third-order valence-electron chi connectivity index (χ3n) is 3.71. The summed E-state index contributed by atoms with van der Waals surface area (Å²) >= 11 is 0. The zero-order chi connectivity index (χ0) is 14.1. The van der Waals surface area contributed by atoms with Crippen LogP contribution in [0.15, 0.2) is 24.5 Å². The van der Waals surface area contributed by atoms with Crippen LogP contribution in [0.5, 0.6) is 0 Å². The summed E-state index contributed by atoms with van der Waals surface area (Å²) in [6.07, 6.45) is 6.24. The van der Waals surface area contributed by atoms with Crippen molar-refractivity contribution in [3.8, 4) is 17.3 Å². The third-order valence-corrected chi connectivity index (χ3v) is 3.71. The Morgan fingerprint density at radius 2 is 2.30 bits per heavy atom. The third kappa shape index (κ3) is 1.77. The van der Waals surface area contributed by atoms with Crippen molar-refractivity contribution in [1.82, 2.24) is 9.55 Å². The highest BCUT2D eigenvalue weighted by atomic mass is 16.1. The molecule has 0 saturated heterocycles. The summed E-state index contributed by atoms with van der Waals surface area (Å²) in [6, 6.07) is 5.87. The predicted molar refractivity (Wildman–Crippen MR) is 73.8 cm³/mol. The van der Waals surface area contributed by atoms with Crippen molar-refractivity contribution in [2.24, 2.45) is 5.73 Å². The molecule has 100 valence electrons. The molecule has 0 unspecified atom stereocenters. The molecule has 3 rings (SSSR count). The Bertz CT molecular complexity index is 710. The number of pyridine rings is 1. The molecule has 5 heteroatoms. The number of amides is 1. The maximum absolute atomic E-state index is 11.7. The number of primary amides is 1. The molecule has 0 spiro atoms. The highest BCUT2D eigenvalue weighted by Gasteiger charge is 2.28. The molecular formula is C15H14N4O. The van der Waals surface area contributed by atoms with Crippen molar-refractivity contribution in [3.05, 3.63) is 41.3 Å². The minimum absolute atomic E-state index is 0.377. The second kappa shape index (κ2) is 4.82. The Labute approximate surface area is 116 Å². The second-order valence-corrected chi connectivity index (χ2v) is 4.87. The van der Waals surface area contributed by atoms with Gasteiger partial charge in [-0.1, -0.05) is 0 Å². The van der Waals surface area contributed by atoms with Gasteiger partial charge in [0.25, 0.3) is 5.91 Å². The largest absolute Gasteiger partial charge is 0.366 e. The first-order valence-electron chi connectivity index (χ1n) is 6.59. The van der Waals surface area contributed by atoms with E-state index in [4.69, 9.17) is 5.73 Å². The number of aromatic nitrogens is 2. The first-order chi connectivity index (χ1) is 9.74. The van der Waals surface area contributed by atoms with Crippen molar-refractivity contribution >= 4 is 5.91 Å². The van der Waals surface area contributed by atoms with Crippen LogP contribution in [0, 0.1) is 11.3 Å². The second-order valence-electron chi connectivity index (χ2n) is 4.87.